The van der Waals surface area contributed by atoms with Crippen LogP contribution in [-0.2, 0) is 4.74 Å². The lowest BCUT2D eigenvalue weighted by Crippen LogP contribution is -2.41. The van der Waals surface area contributed by atoms with E-state index in [1.54, 1.807) is 0 Å². The number of benzene rings is 1. The highest BCUT2D eigenvalue weighted by Crippen LogP contribution is 2.36. The lowest BCUT2D eigenvalue weighted by Gasteiger charge is -2.30. The van der Waals surface area contributed by atoms with Crippen LogP contribution in [0.25, 0.3) is 0 Å². The van der Waals surface area contributed by atoms with Crippen LogP contribution < -0.4 is 10.1 Å². The SMILES string of the molecule is COc1cc(NC2(C)CCOC2C)c(F)cc1[N+](=O)[O-]. The summed E-state index contributed by atoms with van der Waals surface area (Å²) in [7, 11) is 1.31. The van der Waals surface area contributed by atoms with Crippen LogP contribution in [0.3, 0.4) is 0 Å². The third-order valence-electron chi connectivity index (χ3n) is 3.77. The first-order valence-corrected chi connectivity index (χ1v) is 6.29. The Morgan fingerprint density at radius 3 is 2.80 bits per heavy atom. The van der Waals surface area contributed by atoms with E-state index < -0.39 is 22.0 Å². The van der Waals surface area contributed by atoms with Crippen LogP contribution in [0.15, 0.2) is 12.1 Å². The van der Waals surface area contributed by atoms with Gasteiger partial charge in [-0.15, -0.1) is 0 Å². The molecule has 1 heterocycles. The van der Waals surface area contributed by atoms with Crippen LogP contribution in [0, 0.1) is 15.9 Å². The van der Waals surface area contributed by atoms with E-state index in [9.17, 15) is 14.5 Å². The van der Waals surface area contributed by atoms with Gasteiger partial charge in [0.1, 0.15) is 0 Å². The Kier molecular flexibility index (Phi) is 3.80. The van der Waals surface area contributed by atoms with Gasteiger partial charge in [-0.05, 0) is 20.3 Å². The van der Waals surface area contributed by atoms with E-state index in [-0.39, 0.29) is 17.5 Å². The highest BCUT2D eigenvalue weighted by Gasteiger charge is 2.37. The molecule has 1 N–H and O–H groups in total. The minimum Gasteiger partial charge on any atom is -0.490 e. The van der Waals surface area contributed by atoms with E-state index in [4.69, 9.17) is 9.47 Å². The standard InChI is InChI=1S/C13H17FN2O4/c1-8-13(2,4-5-20-8)15-10-7-12(19-3)11(16(17)18)6-9(10)14/h6-8,15H,4-5H2,1-3H3. The van der Waals surface area contributed by atoms with Crippen molar-refractivity contribution >= 4 is 11.4 Å². The van der Waals surface area contributed by atoms with Crippen LogP contribution in [0.2, 0.25) is 0 Å². The maximum absolute atomic E-state index is 14.0. The number of hydrogen-bond acceptors (Lipinski definition) is 5. The van der Waals surface area contributed by atoms with E-state index in [2.05, 4.69) is 5.32 Å². The quantitative estimate of drug-likeness (QED) is 0.679. The molecule has 2 unspecified atom stereocenters. The highest BCUT2D eigenvalue weighted by atomic mass is 19.1. The topological polar surface area (TPSA) is 73.6 Å². The van der Waals surface area contributed by atoms with Crippen molar-refractivity contribution in [3.63, 3.8) is 0 Å². The van der Waals surface area contributed by atoms with Gasteiger partial charge in [0.25, 0.3) is 0 Å². The van der Waals surface area contributed by atoms with Crippen molar-refractivity contribution in [3.8, 4) is 5.75 Å². The highest BCUT2D eigenvalue weighted by molar-refractivity contribution is 5.60. The predicted octanol–water partition coefficient (Wildman–Crippen LogP) is 2.72. The minimum atomic E-state index is -0.683. The maximum atomic E-state index is 14.0. The molecule has 1 saturated heterocycles. The number of rotatable bonds is 4. The van der Waals surface area contributed by atoms with Gasteiger partial charge in [-0.3, -0.25) is 10.1 Å². The van der Waals surface area contributed by atoms with E-state index in [0.29, 0.717) is 6.61 Å². The fourth-order valence-corrected chi connectivity index (χ4v) is 2.25. The molecular formula is C13H17FN2O4. The molecule has 0 aromatic heterocycles. The fraction of sp³-hybridized carbons (Fsp3) is 0.538. The zero-order valence-corrected chi connectivity index (χ0v) is 11.6. The molecule has 0 saturated carbocycles. The summed E-state index contributed by atoms with van der Waals surface area (Å²) in [5.41, 5.74) is -0.633. The summed E-state index contributed by atoms with van der Waals surface area (Å²) in [6.07, 6.45) is 0.649. The molecule has 1 aliphatic rings. The Morgan fingerprint density at radius 2 is 2.30 bits per heavy atom. The van der Waals surface area contributed by atoms with Crippen LogP contribution in [0.4, 0.5) is 15.8 Å². The summed E-state index contributed by atoms with van der Waals surface area (Å²) in [5, 5.41) is 13.9. The molecule has 6 nitrogen and oxygen atoms in total. The van der Waals surface area contributed by atoms with Gasteiger partial charge in [-0.1, -0.05) is 0 Å². The van der Waals surface area contributed by atoms with E-state index in [1.165, 1.54) is 13.2 Å². The second-order valence-electron chi connectivity index (χ2n) is 5.07. The zero-order chi connectivity index (χ0) is 14.9. The fourth-order valence-electron chi connectivity index (χ4n) is 2.25. The Hall–Kier alpha value is -1.89. The second-order valence-corrected chi connectivity index (χ2v) is 5.07. The molecule has 0 amide bonds. The summed E-state index contributed by atoms with van der Waals surface area (Å²) in [6.45, 7) is 4.43. The van der Waals surface area contributed by atoms with Crippen LogP contribution in [0.5, 0.6) is 5.75 Å². The number of halogens is 1. The Balaban J connectivity index is 2.35. The molecule has 20 heavy (non-hydrogen) atoms. The molecule has 1 aromatic rings. The third kappa shape index (κ3) is 2.53. The van der Waals surface area contributed by atoms with Gasteiger partial charge in [0.2, 0.25) is 0 Å². The number of nitrogens with zero attached hydrogens (tertiary/aromatic N) is 1. The molecule has 0 radical (unpaired) electrons. The van der Waals surface area contributed by atoms with Crippen LogP contribution in [-0.4, -0.2) is 30.3 Å². The smallest absolute Gasteiger partial charge is 0.313 e. The van der Waals surface area contributed by atoms with Gasteiger partial charge in [-0.2, -0.15) is 0 Å². The van der Waals surface area contributed by atoms with Crippen molar-refractivity contribution in [2.75, 3.05) is 19.0 Å². The first-order valence-electron chi connectivity index (χ1n) is 6.29. The monoisotopic (exact) mass is 284 g/mol. The second kappa shape index (κ2) is 5.24. The Morgan fingerprint density at radius 1 is 1.60 bits per heavy atom. The summed E-state index contributed by atoms with van der Waals surface area (Å²) in [4.78, 5) is 10.2. The molecule has 0 bridgehead atoms. The maximum Gasteiger partial charge on any atom is 0.313 e. The average molecular weight is 284 g/mol. The normalized spacial score (nSPS) is 25.5. The summed E-state index contributed by atoms with van der Waals surface area (Å²) >= 11 is 0. The molecular weight excluding hydrogens is 267 g/mol. The first-order chi connectivity index (χ1) is 9.37. The van der Waals surface area contributed by atoms with E-state index >= 15 is 0 Å². The Labute approximate surface area is 116 Å². The number of nitrogens with one attached hydrogen (secondary N) is 1. The van der Waals surface area contributed by atoms with Crippen molar-refractivity contribution < 1.29 is 18.8 Å². The van der Waals surface area contributed by atoms with Gasteiger partial charge in [0.15, 0.2) is 11.6 Å². The van der Waals surface area contributed by atoms with Gasteiger partial charge in [0.05, 0.1) is 35.4 Å². The van der Waals surface area contributed by atoms with E-state index in [1.807, 2.05) is 13.8 Å². The molecule has 7 heteroatoms. The average Bonchev–Trinajstić information content (AvgIpc) is 2.71. The lowest BCUT2D eigenvalue weighted by atomic mass is 9.94. The predicted molar refractivity (Wildman–Crippen MR) is 71.7 cm³/mol. The van der Waals surface area contributed by atoms with Crippen molar-refractivity contribution in [1.82, 2.24) is 0 Å². The summed E-state index contributed by atoms with van der Waals surface area (Å²) in [5.74, 6) is -0.660. The van der Waals surface area contributed by atoms with Crippen molar-refractivity contribution in [2.24, 2.45) is 0 Å². The number of nitro groups is 1. The Bertz CT molecular complexity index is 537. The molecule has 0 spiro atoms. The third-order valence-corrected chi connectivity index (χ3v) is 3.77. The molecule has 1 aromatic carbocycles. The van der Waals surface area contributed by atoms with Crippen molar-refractivity contribution in [1.29, 1.82) is 0 Å². The molecule has 2 atom stereocenters. The molecule has 110 valence electrons. The molecule has 0 aliphatic carbocycles. The zero-order valence-electron chi connectivity index (χ0n) is 11.6. The lowest BCUT2D eigenvalue weighted by molar-refractivity contribution is -0.385. The van der Waals surface area contributed by atoms with Crippen LogP contribution in [0.1, 0.15) is 20.3 Å². The number of methoxy groups -OCH3 is 1. The van der Waals surface area contributed by atoms with Gasteiger partial charge in [-0.25, -0.2) is 4.39 Å². The summed E-state index contributed by atoms with van der Waals surface area (Å²) < 4.78 is 24.4. The minimum absolute atomic E-state index is 0.0223. The molecule has 2 rings (SSSR count). The van der Waals surface area contributed by atoms with E-state index in [0.717, 1.165) is 12.5 Å². The largest absolute Gasteiger partial charge is 0.490 e. The summed E-state index contributed by atoms with van der Waals surface area (Å²) in [6, 6.07) is 2.18. The first kappa shape index (κ1) is 14.5. The number of hydrogen-bond donors (Lipinski definition) is 1. The molecule has 1 fully saturated rings. The van der Waals surface area contributed by atoms with Crippen LogP contribution >= 0.6 is 0 Å². The van der Waals surface area contributed by atoms with Crippen molar-refractivity contribution in [2.45, 2.75) is 31.9 Å². The van der Waals surface area contributed by atoms with Gasteiger partial charge < -0.3 is 14.8 Å². The van der Waals surface area contributed by atoms with Gasteiger partial charge >= 0.3 is 5.69 Å². The van der Waals surface area contributed by atoms with Gasteiger partial charge in [0, 0.05) is 12.7 Å². The number of ether oxygens (including phenoxy) is 2. The van der Waals surface area contributed by atoms with Crippen molar-refractivity contribution in [3.05, 3.63) is 28.1 Å². The number of nitro benzene ring substituents is 1. The molecule has 1 aliphatic heterocycles. The number of anilines is 1.